The first-order valence-corrected chi connectivity index (χ1v) is 11.9. The maximum absolute atomic E-state index is 12.4. The van der Waals surface area contributed by atoms with Gasteiger partial charge in [-0.05, 0) is 30.3 Å². The summed E-state index contributed by atoms with van der Waals surface area (Å²) in [6, 6.07) is 17.5. The van der Waals surface area contributed by atoms with Crippen LogP contribution in [0.25, 0.3) is 0 Å². The molecule has 10 heteroatoms. The number of carbonyl (C=O) groups is 1. The van der Waals surface area contributed by atoms with E-state index in [0.29, 0.717) is 13.1 Å². The highest BCUT2D eigenvalue weighted by Gasteiger charge is 2.43. The monoisotopic (exact) mass is 495 g/mol. The molecule has 1 amide bonds. The number of ether oxygens (including phenoxy) is 2. The zero-order valence-corrected chi connectivity index (χ0v) is 20.5. The van der Waals surface area contributed by atoms with Gasteiger partial charge in [-0.25, -0.2) is 4.68 Å². The summed E-state index contributed by atoms with van der Waals surface area (Å²) >= 11 is 0. The first kappa shape index (κ1) is 25.8. The van der Waals surface area contributed by atoms with Crippen molar-refractivity contribution in [2.75, 3.05) is 14.2 Å². The maximum Gasteiger partial charge on any atom is 0.222 e. The van der Waals surface area contributed by atoms with Gasteiger partial charge in [0.15, 0.2) is 0 Å². The molecule has 2 aromatic carbocycles. The number of aromatic nitrogens is 3. The van der Waals surface area contributed by atoms with Crippen LogP contribution >= 0.6 is 0 Å². The van der Waals surface area contributed by atoms with Gasteiger partial charge < -0.3 is 25.0 Å². The quantitative estimate of drug-likeness (QED) is 0.362. The number of hydrogen-bond acceptors (Lipinski definition) is 8. The van der Waals surface area contributed by atoms with E-state index in [-0.39, 0.29) is 18.9 Å². The smallest absolute Gasteiger partial charge is 0.222 e. The third kappa shape index (κ3) is 6.88. The van der Waals surface area contributed by atoms with Crippen LogP contribution < -0.4 is 10.1 Å². The van der Waals surface area contributed by atoms with Crippen molar-refractivity contribution in [2.24, 2.45) is 0 Å². The minimum Gasteiger partial charge on any atom is -0.497 e. The van der Waals surface area contributed by atoms with Gasteiger partial charge in [-0.1, -0.05) is 47.7 Å². The normalized spacial score (nSPS) is 21.6. The fourth-order valence-electron chi connectivity index (χ4n) is 4.26. The van der Waals surface area contributed by atoms with E-state index in [1.54, 1.807) is 18.0 Å². The largest absolute Gasteiger partial charge is 0.497 e. The minimum atomic E-state index is -1.17. The zero-order valence-electron chi connectivity index (χ0n) is 20.5. The van der Waals surface area contributed by atoms with Crippen LogP contribution in [0.1, 0.15) is 23.2 Å². The van der Waals surface area contributed by atoms with Crippen molar-refractivity contribution >= 4 is 5.91 Å². The summed E-state index contributed by atoms with van der Waals surface area (Å²) in [5.74, 6) is 0.471. The van der Waals surface area contributed by atoms with Gasteiger partial charge in [0.1, 0.15) is 24.1 Å². The van der Waals surface area contributed by atoms with Crippen LogP contribution in [0.4, 0.5) is 0 Å². The van der Waals surface area contributed by atoms with E-state index in [2.05, 4.69) is 32.7 Å². The van der Waals surface area contributed by atoms with Gasteiger partial charge in [0, 0.05) is 25.8 Å². The molecule has 0 spiro atoms. The lowest BCUT2D eigenvalue weighted by atomic mass is 10.1. The van der Waals surface area contributed by atoms with Gasteiger partial charge >= 0.3 is 0 Å². The lowest BCUT2D eigenvalue weighted by Gasteiger charge is -2.15. The third-order valence-corrected chi connectivity index (χ3v) is 6.18. The Hall–Kier alpha value is -3.31. The molecule has 0 radical (unpaired) electrons. The summed E-state index contributed by atoms with van der Waals surface area (Å²) in [6.07, 6.45) is -2.05. The molecule has 4 unspecified atom stereocenters. The van der Waals surface area contributed by atoms with Crippen LogP contribution in [0.15, 0.2) is 60.8 Å². The Bertz CT molecular complexity index is 1110. The van der Waals surface area contributed by atoms with Crippen LogP contribution in [0, 0.1) is 0 Å². The van der Waals surface area contributed by atoms with Crippen molar-refractivity contribution in [3.8, 4) is 5.75 Å². The van der Waals surface area contributed by atoms with E-state index >= 15 is 0 Å². The SMILES string of the molecule is COc1ccc(CNC(=O)CC2OC(Cn3cc(CN(C)Cc4ccccc4)nn3)C(O)C2O)cc1. The number of carbonyl (C=O) groups excluding carboxylic acids is 1. The van der Waals surface area contributed by atoms with Crippen LogP contribution in [0.2, 0.25) is 0 Å². The Morgan fingerprint density at radius 3 is 2.50 bits per heavy atom. The zero-order chi connectivity index (χ0) is 25.5. The van der Waals surface area contributed by atoms with E-state index in [1.165, 1.54) is 5.56 Å². The van der Waals surface area contributed by atoms with Crippen molar-refractivity contribution < 1.29 is 24.5 Å². The van der Waals surface area contributed by atoms with Gasteiger partial charge in [-0.3, -0.25) is 9.69 Å². The van der Waals surface area contributed by atoms with Gasteiger partial charge in [-0.2, -0.15) is 0 Å². The van der Waals surface area contributed by atoms with Gasteiger partial charge in [0.25, 0.3) is 0 Å². The number of amides is 1. The summed E-state index contributed by atoms with van der Waals surface area (Å²) in [6.45, 7) is 1.96. The molecular weight excluding hydrogens is 462 g/mol. The van der Waals surface area contributed by atoms with Crippen molar-refractivity contribution in [3.05, 3.63) is 77.6 Å². The molecule has 3 aromatic rings. The number of nitrogens with one attached hydrogen (secondary N) is 1. The van der Waals surface area contributed by atoms with Crippen molar-refractivity contribution in [2.45, 2.75) is 57.0 Å². The van der Waals surface area contributed by atoms with Gasteiger partial charge in [-0.15, -0.1) is 5.10 Å². The molecule has 192 valence electrons. The molecule has 4 atom stereocenters. The molecule has 36 heavy (non-hydrogen) atoms. The summed E-state index contributed by atoms with van der Waals surface area (Å²) in [5, 5.41) is 32.1. The van der Waals surface area contributed by atoms with E-state index in [4.69, 9.17) is 9.47 Å². The van der Waals surface area contributed by atoms with Crippen LogP contribution in [-0.2, 0) is 35.7 Å². The van der Waals surface area contributed by atoms with E-state index in [9.17, 15) is 15.0 Å². The molecular formula is C26H33N5O5. The standard InChI is InChI=1S/C26H33N5O5/c1-30(14-19-6-4-3-5-7-19)15-20-16-31(29-28-20)17-23-26(34)25(33)22(36-23)12-24(32)27-13-18-8-10-21(35-2)11-9-18/h3-11,16,22-23,25-26,33-34H,12-15,17H2,1-2H3,(H,27,32). The Labute approximate surface area is 210 Å². The second-order valence-electron chi connectivity index (χ2n) is 9.11. The second-order valence-corrected chi connectivity index (χ2v) is 9.11. The lowest BCUT2D eigenvalue weighted by molar-refractivity contribution is -0.125. The number of rotatable bonds is 11. The van der Waals surface area contributed by atoms with Crippen molar-refractivity contribution in [1.29, 1.82) is 0 Å². The van der Waals surface area contributed by atoms with Gasteiger partial charge in [0.2, 0.25) is 5.91 Å². The molecule has 1 fully saturated rings. The van der Waals surface area contributed by atoms with Crippen molar-refractivity contribution in [3.63, 3.8) is 0 Å². The van der Waals surface area contributed by atoms with Crippen LogP contribution in [0.3, 0.4) is 0 Å². The number of hydrogen-bond donors (Lipinski definition) is 3. The predicted molar refractivity (Wildman–Crippen MR) is 132 cm³/mol. The van der Waals surface area contributed by atoms with Gasteiger partial charge in [0.05, 0.1) is 31.9 Å². The summed E-state index contributed by atoms with van der Waals surface area (Å²) in [4.78, 5) is 14.5. The first-order chi connectivity index (χ1) is 17.4. The molecule has 0 bridgehead atoms. The van der Waals surface area contributed by atoms with Crippen LogP contribution in [-0.4, -0.2) is 74.6 Å². The molecule has 1 saturated heterocycles. The molecule has 1 aliphatic rings. The highest BCUT2D eigenvalue weighted by atomic mass is 16.5. The Morgan fingerprint density at radius 2 is 1.78 bits per heavy atom. The summed E-state index contributed by atoms with van der Waals surface area (Å²) in [7, 11) is 3.61. The number of nitrogens with zero attached hydrogens (tertiary/aromatic N) is 4. The average molecular weight is 496 g/mol. The Morgan fingerprint density at radius 1 is 1.06 bits per heavy atom. The number of aliphatic hydroxyl groups is 2. The number of methoxy groups -OCH3 is 1. The molecule has 2 heterocycles. The third-order valence-electron chi connectivity index (χ3n) is 6.18. The number of aliphatic hydroxyl groups excluding tert-OH is 2. The molecule has 0 saturated carbocycles. The molecule has 3 N–H and O–H groups in total. The molecule has 1 aliphatic heterocycles. The van der Waals surface area contributed by atoms with E-state index < -0.39 is 24.4 Å². The highest BCUT2D eigenvalue weighted by molar-refractivity contribution is 5.76. The lowest BCUT2D eigenvalue weighted by Crippen LogP contribution is -2.36. The minimum absolute atomic E-state index is 0.0578. The molecule has 0 aliphatic carbocycles. The van der Waals surface area contributed by atoms with E-state index in [0.717, 1.165) is 23.6 Å². The van der Waals surface area contributed by atoms with Crippen LogP contribution in [0.5, 0.6) is 5.75 Å². The molecule has 10 nitrogen and oxygen atoms in total. The van der Waals surface area contributed by atoms with E-state index in [1.807, 2.05) is 49.5 Å². The summed E-state index contributed by atoms with van der Waals surface area (Å²) < 4.78 is 12.6. The predicted octanol–water partition coefficient (Wildman–Crippen LogP) is 1.11. The topological polar surface area (TPSA) is 122 Å². The Kier molecular flexibility index (Phi) is 8.65. The second kappa shape index (κ2) is 12.1. The Balaban J connectivity index is 1.24. The van der Waals surface area contributed by atoms with Crippen molar-refractivity contribution in [1.82, 2.24) is 25.2 Å². The highest BCUT2D eigenvalue weighted by Crippen LogP contribution is 2.25. The maximum atomic E-state index is 12.4. The molecule has 4 rings (SSSR count). The summed E-state index contributed by atoms with van der Waals surface area (Å²) in [5.41, 5.74) is 2.92. The fraction of sp³-hybridized carbons (Fsp3) is 0.423. The average Bonchev–Trinajstić information content (AvgIpc) is 3.42. The first-order valence-electron chi connectivity index (χ1n) is 11.9. The number of benzene rings is 2. The molecule has 1 aromatic heterocycles. The fourth-order valence-corrected chi connectivity index (χ4v) is 4.26.